The fraction of sp³-hybridized carbons (Fsp3) is 0.714. The molecule has 9 heteroatoms. The first-order chi connectivity index (χ1) is 10.7. The molecule has 0 aliphatic carbocycles. The maximum absolute atomic E-state index is 12.1. The van der Waals surface area contributed by atoms with Crippen LogP contribution in [0.15, 0.2) is 12.3 Å². The minimum absolute atomic E-state index is 0.180. The number of rotatable bonds is 6. The van der Waals surface area contributed by atoms with Gasteiger partial charge in [-0.2, -0.15) is 22.4 Å². The Morgan fingerprint density at radius 2 is 2.09 bits per heavy atom. The summed E-state index contributed by atoms with van der Waals surface area (Å²) >= 11 is 0. The van der Waals surface area contributed by atoms with Crippen molar-refractivity contribution in [3.8, 4) is 5.88 Å². The average Bonchev–Trinajstić information content (AvgIpc) is 2.90. The van der Waals surface area contributed by atoms with Crippen LogP contribution in [-0.4, -0.2) is 63.0 Å². The van der Waals surface area contributed by atoms with Gasteiger partial charge in [0.15, 0.2) is 0 Å². The number of hydrogen-bond donors (Lipinski definition) is 1. The molecule has 1 fully saturated rings. The highest BCUT2D eigenvalue weighted by Gasteiger charge is 2.38. The maximum Gasteiger partial charge on any atom is 0.279 e. The van der Waals surface area contributed by atoms with Crippen molar-refractivity contribution in [3.05, 3.63) is 12.3 Å². The van der Waals surface area contributed by atoms with Crippen LogP contribution in [0.3, 0.4) is 0 Å². The molecular weight excluding hydrogens is 318 g/mol. The molecule has 1 N–H and O–H groups in total. The van der Waals surface area contributed by atoms with Gasteiger partial charge in [0, 0.05) is 45.5 Å². The molecule has 0 spiro atoms. The minimum atomic E-state index is -3.48. The van der Waals surface area contributed by atoms with E-state index in [4.69, 9.17) is 4.74 Å². The molecule has 2 rings (SSSR count). The molecule has 2 heterocycles. The summed E-state index contributed by atoms with van der Waals surface area (Å²) < 4.78 is 33.4. The largest absolute Gasteiger partial charge is 0.481 e. The molecule has 1 aromatic heterocycles. The molecule has 1 aliphatic heterocycles. The van der Waals surface area contributed by atoms with E-state index in [1.165, 1.54) is 18.4 Å². The Balaban J connectivity index is 2.20. The van der Waals surface area contributed by atoms with Gasteiger partial charge in [0.25, 0.3) is 10.2 Å². The van der Waals surface area contributed by atoms with E-state index in [0.717, 1.165) is 0 Å². The van der Waals surface area contributed by atoms with Gasteiger partial charge in [0.2, 0.25) is 11.8 Å². The van der Waals surface area contributed by atoms with Gasteiger partial charge in [0.1, 0.15) is 0 Å². The molecule has 0 aromatic carbocycles. The number of methoxy groups -OCH3 is 1. The molecule has 1 aliphatic rings. The summed E-state index contributed by atoms with van der Waals surface area (Å²) in [6, 6.07) is 1.50. The lowest BCUT2D eigenvalue weighted by Crippen LogP contribution is -2.46. The van der Waals surface area contributed by atoms with Crippen LogP contribution >= 0.6 is 0 Å². The Labute approximate surface area is 138 Å². The van der Waals surface area contributed by atoms with Crippen LogP contribution in [0.5, 0.6) is 5.88 Å². The van der Waals surface area contributed by atoms with Crippen molar-refractivity contribution >= 4 is 16.2 Å². The molecule has 130 valence electrons. The summed E-state index contributed by atoms with van der Waals surface area (Å²) in [7, 11) is 1.12. The summed E-state index contributed by atoms with van der Waals surface area (Å²) in [5.74, 6) is 1.56. The number of hydrogen-bond acceptors (Lipinski definition) is 6. The summed E-state index contributed by atoms with van der Waals surface area (Å²) in [5.41, 5.74) is 0. The van der Waals surface area contributed by atoms with Crippen molar-refractivity contribution < 1.29 is 13.2 Å². The smallest absolute Gasteiger partial charge is 0.279 e. The Bertz CT molecular complexity index is 635. The second kappa shape index (κ2) is 6.98. The molecule has 0 radical (unpaired) electrons. The molecule has 2 atom stereocenters. The van der Waals surface area contributed by atoms with Crippen LogP contribution in [0.4, 0.5) is 5.95 Å². The zero-order chi connectivity index (χ0) is 17.2. The van der Waals surface area contributed by atoms with Crippen LogP contribution in [0.25, 0.3) is 0 Å². The van der Waals surface area contributed by atoms with Crippen LogP contribution in [0.2, 0.25) is 0 Å². The van der Waals surface area contributed by atoms with Crippen LogP contribution in [0, 0.1) is 11.8 Å². The van der Waals surface area contributed by atoms with Gasteiger partial charge in [-0.05, 0) is 11.8 Å². The van der Waals surface area contributed by atoms with E-state index in [2.05, 4.69) is 28.5 Å². The molecule has 1 aromatic rings. The van der Waals surface area contributed by atoms with E-state index in [0.29, 0.717) is 30.8 Å². The second-order valence-electron chi connectivity index (χ2n) is 6.22. The lowest BCUT2D eigenvalue weighted by atomic mass is 9.92. The lowest BCUT2D eigenvalue weighted by Gasteiger charge is -2.24. The zero-order valence-corrected chi connectivity index (χ0v) is 15.0. The van der Waals surface area contributed by atoms with Gasteiger partial charge < -0.3 is 9.64 Å². The predicted octanol–water partition coefficient (Wildman–Crippen LogP) is 0.342. The zero-order valence-electron chi connectivity index (χ0n) is 14.2. The molecule has 0 saturated carbocycles. The average molecular weight is 343 g/mol. The molecule has 23 heavy (non-hydrogen) atoms. The van der Waals surface area contributed by atoms with E-state index in [1.54, 1.807) is 19.4 Å². The van der Waals surface area contributed by atoms with Gasteiger partial charge in [-0.1, -0.05) is 13.8 Å². The third kappa shape index (κ3) is 4.10. The van der Waals surface area contributed by atoms with E-state index in [9.17, 15) is 8.42 Å². The lowest BCUT2D eigenvalue weighted by molar-refractivity contribution is 0.358. The SMILES string of the molecule is COc1ccnc(N2C[C@@H](NS(=O)(=O)N(C)C)[C@H](C(C)C)C2)n1. The van der Waals surface area contributed by atoms with Crippen molar-refractivity contribution in [2.45, 2.75) is 19.9 Å². The highest BCUT2D eigenvalue weighted by Crippen LogP contribution is 2.28. The normalized spacial score (nSPS) is 22.1. The number of nitrogens with zero attached hydrogens (tertiary/aromatic N) is 4. The van der Waals surface area contributed by atoms with E-state index in [1.807, 2.05) is 4.90 Å². The number of anilines is 1. The van der Waals surface area contributed by atoms with Gasteiger partial charge in [-0.25, -0.2) is 4.98 Å². The first-order valence-corrected chi connectivity index (χ1v) is 9.00. The molecule has 0 amide bonds. The summed E-state index contributed by atoms with van der Waals surface area (Å²) in [5, 5.41) is 0. The van der Waals surface area contributed by atoms with E-state index >= 15 is 0 Å². The molecular formula is C14H25N5O3S. The van der Waals surface area contributed by atoms with Gasteiger partial charge in [-0.3, -0.25) is 0 Å². The Morgan fingerprint density at radius 3 is 2.65 bits per heavy atom. The molecule has 0 unspecified atom stereocenters. The molecule has 1 saturated heterocycles. The summed E-state index contributed by atoms with van der Waals surface area (Å²) in [4.78, 5) is 10.6. The summed E-state index contributed by atoms with van der Waals surface area (Å²) in [6.07, 6.45) is 1.64. The third-order valence-electron chi connectivity index (χ3n) is 4.11. The van der Waals surface area contributed by atoms with Crippen LogP contribution < -0.4 is 14.4 Å². The first-order valence-electron chi connectivity index (χ1n) is 7.56. The van der Waals surface area contributed by atoms with Crippen molar-refractivity contribution in [2.24, 2.45) is 11.8 Å². The first kappa shape index (κ1) is 17.9. The maximum atomic E-state index is 12.1. The number of aromatic nitrogens is 2. The Morgan fingerprint density at radius 1 is 1.39 bits per heavy atom. The number of ether oxygens (including phenoxy) is 1. The standard InChI is InChI=1S/C14H25N5O3S/c1-10(2)11-8-19(14-15-7-6-13(16-14)22-5)9-12(11)17-23(20,21)18(3)4/h6-7,10-12,17H,8-9H2,1-5H3/t11-,12+/m0/s1. The fourth-order valence-corrected chi connectivity index (χ4v) is 3.53. The second-order valence-corrected chi connectivity index (χ2v) is 8.14. The minimum Gasteiger partial charge on any atom is -0.481 e. The van der Waals surface area contributed by atoms with Crippen LogP contribution in [-0.2, 0) is 10.2 Å². The quantitative estimate of drug-likeness (QED) is 0.801. The Kier molecular flexibility index (Phi) is 5.43. The number of nitrogens with one attached hydrogen (secondary N) is 1. The monoisotopic (exact) mass is 343 g/mol. The molecule has 8 nitrogen and oxygen atoms in total. The van der Waals surface area contributed by atoms with Gasteiger partial charge in [-0.15, -0.1) is 0 Å². The van der Waals surface area contributed by atoms with Crippen LogP contribution in [0.1, 0.15) is 13.8 Å². The van der Waals surface area contributed by atoms with E-state index in [-0.39, 0.29) is 12.0 Å². The molecule has 0 bridgehead atoms. The predicted molar refractivity (Wildman–Crippen MR) is 88.7 cm³/mol. The summed E-state index contributed by atoms with van der Waals surface area (Å²) in [6.45, 7) is 5.42. The van der Waals surface area contributed by atoms with Crippen molar-refractivity contribution in [3.63, 3.8) is 0 Å². The van der Waals surface area contributed by atoms with Crippen molar-refractivity contribution in [1.29, 1.82) is 0 Å². The van der Waals surface area contributed by atoms with Crippen molar-refractivity contribution in [2.75, 3.05) is 39.2 Å². The highest BCUT2D eigenvalue weighted by atomic mass is 32.2. The van der Waals surface area contributed by atoms with Gasteiger partial charge in [0.05, 0.1) is 7.11 Å². The van der Waals surface area contributed by atoms with Crippen molar-refractivity contribution in [1.82, 2.24) is 19.0 Å². The topological polar surface area (TPSA) is 87.7 Å². The van der Waals surface area contributed by atoms with E-state index < -0.39 is 10.2 Å². The highest BCUT2D eigenvalue weighted by molar-refractivity contribution is 7.87. The fourth-order valence-electron chi connectivity index (χ4n) is 2.69. The third-order valence-corrected chi connectivity index (χ3v) is 5.67. The van der Waals surface area contributed by atoms with Gasteiger partial charge >= 0.3 is 0 Å². The Hall–Kier alpha value is -1.45.